The van der Waals surface area contributed by atoms with E-state index in [1.54, 1.807) is 6.07 Å². The summed E-state index contributed by atoms with van der Waals surface area (Å²) >= 11 is 0. The summed E-state index contributed by atoms with van der Waals surface area (Å²) in [6.45, 7) is 34.5. The monoisotopic (exact) mass is 722 g/mol. The lowest BCUT2D eigenvalue weighted by Crippen LogP contribution is -2.66. The van der Waals surface area contributed by atoms with E-state index >= 15 is 0 Å². The molecule has 1 aliphatic heterocycles. The predicted molar refractivity (Wildman–Crippen MR) is 212 cm³/mol. The number of esters is 2. The van der Waals surface area contributed by atoms with Crippen LogP contribution in [0.5, 0.6) is 11.5 Å². The second-order valence-corrected chi connectivity index (χ2v) is 20.7. The molecule has 1 heterocycles. The Morgan fingerprint density at radius 2 is 1.37 bits per heavy atom. The molecule has 2 aromatic rings. The Morgan fingerprint density at radius 1 is 0.827 bits per heavy atom. The van der Waals surface area contributed by atoms with E-state index < -0.39 is 11.5 Å². The molecule has 292 valence electrons. The molecule has 0 amide bonds. The van der Waals surface area contributed by atoms with Gasteiger partial charge in [0, 0.05) is 18.5 Å². The molecule has 0 radical (unpaired) electrons. The van der Waals surface area contributed by atoms with Gasteiger partial charge in [-0.3, -0.25) is 14.5 Å². The molecule has 7 nitrogen and oxygen atoms in total. The smallest absolute Gasteiger partial charge is 0.313 e. The Morgan fingerprint density at radius 3 is 1.87 bits per heavy atom. The molecule has 2 unspecified atom stereocenters. The number of ether oxygens (including phenoxy) is 2. The minimum absolute atomic E-state index is 0.129. The van der Waals surface area contributed by atoms with Crippen molar-refractivity contribution in [3.8, 4) is 11.5 Å². The van der Waals surface area contributed by atoms with Crippen molar-refractivity contribution < 1.29 is 29.3 Å². The summed E-state index contributed by atoms with van der Waals surface area (Å²) in [5.41, 5.74) is 2.85. The zero-order valence-corrected chi connectivity index (χ0v) is 35.5. The maximum absolute atomic E-state index is 14.2. The number of benzene rings is 2. The Labute approximate surface area is 315 Å². The maximum Gasteiger partial charge on any atom is 0.313 e. The Kier molecular flexibility index (Phi) is 12.8. The van der Waals surface area contributed by atoms with Crippen molar-refractivity contribution in [2.24, 2.45) is 5.41 Å². The molecule has 1 aliphatic rings. The molecule has 0 aromatic heterocycles. The van der Waals surface area contributed by atoms with Crippen LogP contribution in [0.1, 0.15) is 170 Å². The number of hydrogen-bond acceptors (Lipinski definition) is 7. The predicted octanol–water partition coefficient (Wildman–Crippen LogP) is 10.3. The third-order valence-electron chi connectivity index (χ3n) is 10.8. The highest BCUT2D eigenvalue weighted by atomic mass is 16.5. The highest BCUT2D eigenvalue weighted by molar-refractivity contribution is 5.79. The minimum atomic E-state index is -0.514. The number of rotatable bonds is 10. The maximum atomic E-state index is 14.2. The summed E-state index contributed by atoms with van der Waals surface area (Å²) in [5.74, 6) is -0.415. The van der Waals surface area contributed by atoms with Gasteiger partial charge in [0.2, 0.25) is 0 Å². The average molecular weight is 722 g/mol. The SMILES string of the molecule is CC(C)(C)CC(C(=O)OC1CCC(C)(C)N(CCOC(=O)CCc2cc(C(C)(C)C)c(O)c(C(C)(C)C)c2)C1(C)C)c1ccc(O)c(C(C)(C)C)c1. The Hall–Kier alpha value is -3.06. The third kappa shape index (κ3) is 10.8. The van der Waals surface area contributed by atoms with Crippen molar-refractivity contribution in [2.75, 3.05) is 13.2 Å². The lowest BCUT2D eigenvalue weighted by atomic mass is 9.77. The molecule has 0 saturated carbocycles. The van der Waals surface area contributed by atoms with Crippen molar-refractivity contribution >= 4 is 11.9 Å². The molecule has 0 aliphatic carbocycles. The van der Waals surface area contributed by atoms with Gasteiger partial charge < -0.3 is 19.7 Å². The molecule has 1 saturated heterocycles. The van der Waals surface area contributed by atoms with Crippen molar-refractivity contribution in [1.29, 1.82) is 0 Å². The average Bonchev–Trinajstić information content (AvgIpc) is 2.96. The van der Waals surface area contributed by atoms with Gasteiger partial charge in [0.25, 0.3) is 0 Å². The first kappa shape index (κ1) is 43.3. The summed E-state index contributed by atoms with van der Waals surface area (Å²) in [6, 6.07) is 9.57. The molecule has 0 bridgehead atoms. The van der Waals surface area contributed by atoms with E-state index in [9.17, 15) is 19.8 Å². The number of aryl methyl sites for hydroxylation is 1. The second-order valence-electron chi connectivity index (χ2n) is 20.7. The number of carbonyl (C=O) groups is 2. The van der Waals surface area contributed by atoms with Crippen LogP contribution < -0.4 is 0 Å². The van der Waals surface area contributed by atoms with Crippen molar-refractivity contribution in [1.82, 2.24) is 4.90 Å². The van der Waals surface area contributed by atoms with Crippen LogP contribution in [0, 0.1) is 5.41 Å². The molecule has 7 heteroatoms. The van der Waals surface area contributed by atoms with Crippen molar-refractivity contribution in [2.45, 2.75) is 182 Å². The fourth-order valence-corrected chi connectivity index (χ4v) is 7.81. The second kappa shape index (κ2) is 15.4. The van der Waals surface area contributed by atoms with Crippen LogP contribution in [0.4, 0.5) is 0 Å². The van der Waals surface area contributed by atoms with E-state index in [1.165, 1.54) is 0 Å². The van der Waals surface area contributed by atoms with Gasteiger partial charge in [-0.25, -0.2) is 0 Å². The number of nitrogens with zero attached hydrogens (tertiary/aromatic N) is 1. The molecule has 52 heavy (non-hydrogen) atoms. The lowest BCUT2D eigenvalue weighted by Gasteiger charge is -2.55. The number of likely N-dealkylation sites (tertiary alicyclic amines) is 1. The van der Waals surface area contributed by atoms with Gasteiger partial charge in [-0.2, -0.15) is 0 Å². The molecular formula is C45H71NO6. The first-order valence-electron chi connectivity index (χ1n) is 19.3. The van der Waals surface area contributed by atoms with Crippen LogP contribution in [-0.2, 0) is 41.7 Å². The number of phenolic OH excluding ortho intramolecular Hbond substituents is 2. The van der Waals surface area contributed by atoms with E-state index in [0.717, 1.165) is 40.7 Å². The number of piperidine rings is 1. The van der Waals surface area contributed by atoms with Crippen LogP contribution in [0.15, 0.2) is 30.3 Å². The zero-order valence-electron chi connectivity index (χ0n) is 35.5. The number of hydrogen-bond donors (Lipinski definition) is 2. The Balaban J connectivity index is 1.74. The van der Waals surface area contributed by atoms with Crippen LogP contribution in [0.25, 0.3) is 0 Å². The van der Waals surface area contributed by atoms with Gasteiger partial charge in [0.05, 0.1) is 11.5 Å². The quantitative estimate of drug-likeness (QED) is 0.236. The molecular weight excluding hydrogens is 650 g/mol. The number of aromatic hydroxyl groups is 2. The van der Waals surface area contributed by atoms with Gasteiger partial charge in [-0.15, -0.1) is 0 Å². The molecule has 2 aromatic carbocycles. The summed E-state index contributed by atoms with van der Waals surface area (Å²) in [4.78, 5) is 29.6. The van der Waals surface area contributed by atoms with E-state index in [-0.39, 0.29) is 64.0 Å². The van der Waals surface area contributed by atoms with E-state index in [1.807, 2.05) is 24.3 Å². The van der Waals surface area contributed by atoms with Crippen LogP contribution >= 0.6 is 0 Å². The standard InChI is InChI=1S/C45H71NO6/c1-40(2,3)28-31(30-18-19-35(47)32(27-30)41(4,5)6)39(50)52-36-21-22-44(13,14)46(45(36,15)16)23-24-51-37(48)20-17-29-25-33(42(7,8)9)38(49)34(26-29)43(10,11)12/h18-19,25-27,31,36,47,49H,17,20-24,28H2,1-16H3. The van der Waals surface area contributed by atoms with Gasteiger partial charge in [0.15, 0.2) is 0 Å². The van der Waals surface area contributed by atoms with Gasteiger partial charge >= 0.3 is 11.9 Å². The molecule has 2 N–H and O–H groups in total. The zero-order chi connectivity index (χ0) is 39.8. The molecule has 2 atom stereocenters. The highest BCUT2D eigenvalue weighted by Crippen LogP contribution is 2.43. The molecule has 0 spiro atoms. The fraction of sp³-hybridized carbons (Fsp3) is 0.689. The normalized spacial score (nSPS) is 18.9. The molecule has 1 fully saturated rings. The summed E-state index contributed by atoms with van der Waals surface area (Å²) in [7, 11) is 0. The van der Waals surface area contributed by atoms with Gasteiger partial charge in [0.1, 0.15) is 24.2 Å². The summed E-state index contributed by atoms with van der Waals surface area (Å²) < 4.78 is 12.3. The first-order chi connectivity index (χ1) is 23.4. The van der Waals surface area contributed by atoms with Crippen LogP contribution in [0.3, 0.4) is 0 Å². The van der Waals surface area contributed by atoms with Crippen LogP contribution in [0.2, 0.25) is 0 Å². The fourth-order valence-electron chi connectivity index (χ4n) is 7.81. The Bertz CT molecular complexity index is 1540. The van der Waals surface area contributed by atoms with Crippen molar-refractivity contribution in [3.05, 3.63) is 58.1 Å². The topological polar surface area (TPSA) is 96.3 Å². The summed E-state index contributed by atoms with van der Waals surface area (Å²) in [5, 5.41) is 21.7. The lowest BCUT2D eigenvalue weighted by molar-refractivity contribution is -0.174. The largest absolute Gasteiger partial charge is 0.508 e. The third-order valence-corrected chi connectivity index (χ3v) is 10.8. The summed E-state index contributed by atoms with van der Waals surface area (Å²) in [6.07, 6.45) is 2.58. The minimum Gasteiger partial charge on any atom is -0.508 e. The first-order valence-corrected chi connectivity index (χ1v) is 19.3. The molecule has 3 rings (SSSR count). The van der Waals surface area contributed by atoms with E-state index in [4.69, 9.17) is 9.47 Å². The highest BCUT2D eigenvalue weighted by Gasteiger charge is 2.49. The van der Waals surface area contributed by atoms with E-state index in [2.05, 4.69) is 116 Å². The number of phenols is 2. The van der Waals surface area contributed by atoms with E-state index in [0.29, 0.717) is 25.1 Å². The van der Waals surface area contributed by atoms with Crippen LogP contribution in [-0.4, -0.2) is 57.4 Å². The number of carbonyl (C=O) groups excluding carboxylic acids is 2. The van der Waals surface area contributed by atoms with Crippen molar-refractivity contribution in [3.63, 3.8) is 0 Å². The van der Waals surface area contributed by atoms with Gasteiger partial charge in [-0.1, -0.05) is 107 Å². The van der Waals surface area contributed by atoms with Gasteiger partial charge in [-0.05, 0) is 109 Å².